The highest BCUT2D eigenvalue weighted by Crippen LogP contribution is 2.20. The predicted molar refractivity (Wildman–Crippen MR) is 31.0 cm³/mol. The fourth-order valence-electron chi connectivity index (χ4n) is 0.939. The number of hydrogen-bond acceptors (Lipinski definition) is 1. The Hall–Kier alpha value is -0.300. The van der Waals surface area contributed by atoms with E-state index in [4.69, 9.17) is 5.73 Å². The summed E-state index contributed by atoms with van der Waals surface area (Å²) in [6, 6.07) is 0.319. The summed E-state index contributed by atoms with van der Waals surface area (Å²) in [5.41, 5.74) is 6.81. The van der Waals surface area contributed by atoms with E-state index >= 15 is 0 Å². The highest BCUT2D eigenvalue weighted by Gasteiger charge is 2.12. The van der Waals surface area contributed by atoms with Gasteiger partial charge in [0.1, 0.15) is 0 Å². The minimum absolute atomic E-state index is 0.319. The Morgan fingerprint density at radius 1 is 1.71 bits per heavy atom. The summed E-state index contributed by atoms with van der Waals surface area (Å²) in [6.07, 6.45) is 3.56. The summed E-state index contributed by atoms with van der Waals surface area (Å²) < 4.78 is 0. The van der Waals surface area contributed by atoms with Crippen LogP contribution in [0.5, 0.6) is 0 Å². The molecule has 1 rings (SSSR count). The molecule has 0 bridgehead atoms. The van der Waals surface area contributed by atoms with Crippen molar-refractivity contribution in [3.63, 3.8) is 0 Å². The molecule has 1 fully saturated rings. The molecular formula is C6H11N. The van der Waals surface area contributed by atoms with Crippen LogP contribution in [0, 0.1) is 0 Å². The van der Waals surface area contributed by atoms with Crippen molar-refractivity contribution in [1.29, 1.82) is 0 Å². The van der Waals surface area contributed by atoms with E-state index in [0.717, 1.165) is 12.8 Å². The molecule has 0 spiro atoms. The quantitative estimate of drug-likeness (QED) is 0.449. The summed E-state index contributed by atoms with van der Waals surface area (Å²) in [5.74, 6) is 0. The molecule has 1 nitrogen and oxygen atoms in total. The van der Waals surface area contributed by atoms with Gasteiger partial charge in [-0.05, 0) is 19.3 Å². The van der Waals surface area contributed by atoms with Crippen molar-refractivity contribution in [3.05, 3.63) is 12.2 Å². The second kappa shape index (κ2) is 1.66. The standard InChI is InChI=1S/C6H11N/c1-5-3-2-4-6(5)7/h6H,1-4,7H2. The van der Waals surface area contributed by atoms with Gasteiger partial charge in [0.05, 0.1) is 0 Å². The number of hydrogen-bond donors (Lipinski definition) is 1. The van der Waals surface area contributed by atoms with Gasteiger partial charge in [0.25, 0.3) is 0 Å². The van der Waals surface area contributed by atoms with Crippen LogP contribution < -0.4 is 5.73 Å². The van der Waals surface area contributed by atoms with Gasteiger partial charge in [-0.25, -0.2) is 0 Å². The van der Waals surface area contributed by atoms with Crippen molar-refractivity contribution in [3.8, 4) is 0 Å². The first-order valence-electron chi connectivity index (χ1n) is 2.74. The van der Waals surface area contributed by atoms with Gasteiger partial charge in [-0.15, -0.1) is 0 Å². The van der Waals surface area contributed by atoms with Crippen molar-refractivity contribution >= 4 is 0 Å². The molecule has 2 N–H and O–H groups in total. The van der Waals surface area contributed by atoms with Gasteiger partial charge in [0.15, 0.2) is 0 Å². The Bertz CT molecular complexity index is 86.2. The Labute approximate surface area is 44.2 Å². The maximum absolute atomic E-state index is 5.58. The first kappa shape index (κ1) is 4.85. The van der Waals surface area contributed by atoms with Crippen molar-refractivity contribution in [2.75, 3.05) is 0 Å². The van der Waals surface area contributed by atoms with Gasteiger partial charge in [0.2, 0.25) is 0 Å². The molecule has 1 heteroatoms. The van der Waals surface area contributed by atoms with E-state index in [1.807, 2.05) is 0 Å². The maximum Gasteiger partial charge on any atom is 0.0251 e. The largest absolute Gasteiger partial charge is 0.324 e. The fraction of sp³-hybridized carbons (Fsp3) is 0.667. The molecule has 40 valence electrons. The fourth-order valence-corrected chi connectivity index (χ4v) is 0.939. The summed E-state index contributed by atoms with van der Waals surface area (Å²) in [5, 5.41) is 0. The van der Waals surface area contributed by atoms with Crippen molar-refractivity contribution in [2.45, 2.75) is 25.3 Å². The van der Waals surface area contributed by atoms with Crippen molar-refractivity contribution in [1.82, 2.24) is 0 Å². The smallest absolute Gasteiger partial charge is 0.0251 e. The summed E-state index contributed by atoms with van der Waals surface area (Å²) >= 11 is 0. The van der Waals surface area contributed by atoms with Crippen LogP contribution in [0.15, 0.2) is 12.2 Å². The second-order valence-electron chi connectivity index (χ2n) is 2.16. The van der Waals surface area contributed by atoms with Gasteiger partial charge >= 0.3 is 0 Å². The zero-order valence-electron chi connectivity index (χ0n) is 4.48. The zero-order chi connectivity index (χ0) is 5.28. The molecule has 0 aromatic carbocycles. The third-order valence-electron chi connectivity index (χ3n) is 1.54. The SMILES string of the molecule is C=C1CCCC1N. The average molecular weight is 97.2 g/mol. The van der Waals surface area contributed by atoms with Crippen LogP contribution in [0.2, 0.25) is 0 Å². The van der Waals surface area contributed by atoms with Gasteiger partial charge in [-0.1, -0.05) is 12.2 Å². The van der Waals surface area contributed by atoms with E-state index in [1.165, 1.54) is 12.0 Å². The Balaban J connectivity index is 2.48. The normalized spacial score (nSPS) is 31.6. The van der Waals surface area contributed by atoms with Gasteiger partial charge in [-0.2, -0.15) is 0 Å². The highest BCUT2D eigenvalue weighted by molar-refractivity contribution is 5.08. The van der Waals surface area contributed by atoms with Crippen molar-refractivity contribution in [2.24, 2.45) is 5.73 Å². The third kappa shape index (κ3) is 0.829. The van der Waals surface area contributed by atoms with E-state index < -0.39 is 0 Å². The number of nitrogens with two attached hydrogens (primary N) is 1. The molecule has 0 aromatic heterocycles. The Morgan fingerprint density at radius 2 is 2.43 bits per heavy atom. The molecule has 0 radical (unpaired) electrons. The van der Waals surface area contributed by atoms with Crippen LogP contribution in [0.1, 0.15) is 19.3 Å². The van der Waals surface area contributed by atoms with Crippen LogP contribution in [0.4, 0.5) is 0 Å². The highest BCUT2D eigenvalue weighted by atomic mass is 14.6. The number of rotatable bonds is 0. The van der Waals surface area contributed by atoms with E-state index in [0.29, 0.717) is 6.04 Å². The molecule has 0 amide bonds. The molecule has 0 aliphatic heterocycles. The van der Waals surface area contributed by atoms with E-state index in [9.17, 15) is 0 Å². The van der Waals surface area contributed by atoms with E-state index in [-0.39, 0.29) is 0 Å². The molecular weight excluding hydrogens is 86.1 g/mol. The lowest BCUT2D eigenvalue weighted by molar-refractivity contribution is 0.774. The molecule has 0 saturated heterocycles. The lowest BCUT2D eigenvalue weighted by atomic mass is 10.2. The van der Waals surface area contributed by atoms with Gasteiger partial charge in [0, 0.05) is 6.04 Å². The van der Waals surface area contributed by atoms with Gasteiger partial charge in [-0.3, -0.25) is 0 Å². The van der Waals surface area contributed by atoms with Crippen LogP contribution in [0.25, 0.3) is 0 Å². The van der Waals surface area contributed by atoms with Crippen molar-refractivity contribution < 1.29 is 0 Å². The second-order valence-corrected chi connectivity index (χ2v) is 2.16. The lowest BCUT2D eigenvalue weighted by Gasteiger charge is -1.98. The topological polar surface area (TPSA) is 26.0 Å². The van der Waals surface area contributed by atoms with Crippen LogP contribution in [-0.2, 0) is 0 Å². The minimum atomic E-state index is 0.319. The molecule has 0 aromatic rings. The maximum atomic E-state index is 5.58. The summed E-state index contributed by atoms with van der Waals surface area (Å²) in [7, 11) is 0. The van der Waals surface area contributed by atoms with E-state index in [1.54, 1.807) is 0 Å². The minimum Gasteiger partial charge on any atom is -0.324 e. The molecule has 1 aliphatic rings. The average Bonchev–Trinajstić information content (AvgIpc) is 1.91. The first-order valence-corrected chi connectivity index (χ1v) is 2.74. The lowest BCUT2D eigenvalue weighted by Crippen LogP contribution is -2.15. The third-order valence-corrected chi connectivity index (χ3v) is 1.54. The Morgan fingerprint density at radius 3 is 2.57 bits per heavy atom. The first-order chi connectivity index (χ1) is 3.30. The van der Waals surface area contributed by atoms with Gasteiger partial charge < -0.3 is 5.73 Å². The van der Waals surface area contributed by atoms with Crippen LogP contribution >= 0.6 is 0 Å². The summed E-state index contributed by atoms with van der Waals surface area (Å²) in [4.78, 5) is 0. The molecule has 1 atom stereocenters. The molecule has 0 heterocycles. The van der Waals surface area contributed by atoms with Crippen LogP contribution in [0.3, 0.4) is 0 Å². The molecule has 1 unspecified atom stereocenters. The Kier molecular flexibility index (Phi) is 1.15. The molecule has 1 saturated carbocycles. The predicted octanol–water partition coefficient (Wildman–Crippen LogP) is 1.05. The summed E-state index contributed by atoms with van der Waals surface area (Å²) in [6.45, 7) is 3.81. The van der Waals surface area contributed by atoms with Crippen LogP contribution in [-0.4, -0.2) is 6.04 Å². The zero-order valence-corrected chi connectivity index (χ0v) is 4.48. The monoisotopic (exact) mass is 97.1 g/mol. The molecule has 7 heavy (non-hydrogen) atoms. The van der Waals surface area contributed by atoms with E-state index in [2.05, 4.69) is 6.58 Å². The molecule has 1 aliphatic carbocycles.